The number of hydrogen-bond donors (Lipinski definition) is 2. The number of nitrogens with one attached hydrogen (secondary N) is 1. The summed E-state index contributed by atoms with van der Waals surface area (Å²) in [6.45, 7) is -0.557. The lowest BCUT2D eigenvalue weighted by molar-refractivity contribution is -0.124. The average Bonchev–Trinajstić information content (AvgIpc) is 2.82. The molecule has 8 nitrogen and oxygen atoms in total. The summed E-state index contributed by atoms with van der Waals surface area (Å²) in [7, 11) is -4.03. The monoisotopic (exact) mass is 286 g/mol. The molecule has 1 rings (SSSR count). The molecule has 102 valence electrons. The van der Waals surface area contributed by atoms with Gasteiger partial charge in [0.05, 0.1) is 6.54 Å². The fourth-order valence-electron chi connectivity index (χ4n) is 0.986. The topological polar surface area (TPSA) is 129 Å². The summed E-state index contributed by atoms with van der Waals surface area (Å²) in [6, 6.07) is 2.08. The molecule has 1 aromatic rings. The zero-order valence-electron chi connectivity index (χ0n) is 9.58. The van der Waals surface area contributed by atoms with Crippen LogP contribution >= 0.6 is 0 Å². The Kier molecular flexibility index (Phi) is 4.68. The molecule has 0 bridgehead atoms. The second kappa shape index (κ2) is 6.03. The van der Waals surface area contributed by atoms with E-state index in [-0.39, 0.29) is 12.3 Å². The molecule has 0 fully saturated rings. The minimum atomic E-state index is -4.03. The highest BCUT2D eigenvalue weighted by Gasteiger charge is 2.19. The standard InChI is InChI=1S/C10H10N2O6S/c1-2-5-12-8(13)6-17-10(14)7-3-4-9(18-7)19(11,15)16/h1,3-4H,5-6H2,(H,12,13)(H2,11,15,16). The van der Waals surface area contributed by atoms with Gasteiger partial charge in [0, 0.05) is 0 Å². The maximum atomic E-state index is 11.4. The molecule has 0 radical (unpaired) electrons. The lowest BCUT2D eigenvalue weighted by atomic mass is 10.4. The molecule has 19 heavy (non-hydrogen) atoms. The Labute approximate surface area is 109 Å². The van der Waals surface area contributed by atoms with Gasteiger partial charge in [0.1, 0.15) is 0 Å². The quantitative estimate of drug-likeness (QED) is 0.518. The van der Waals surface area contributed by atoms with Gasteiger partial charge in [0.2, 0.25) is 10.9 Å². The molecule has 9 heteroatoms. The maximum absolute atomic E-state index is 11.4. The summed E-state index contributed by atoms with van der Waals surface area (Å²) >= 11 is 0. The summed E-state index contributed by atoms with van der Waals surface area (Å²) in [5.41, 5.74) is 0. The first-order valence-corrected chi connectivity index (χ1v) is 6.39. The van der Waals surface area contributed by atoms with E-state index >= 15 is 0 Å². The molecular formula is C10H10N2O6S. The number of nitrogens with two attached hydrogens (primary N) is 1. The summed E-state index contributed by atoms with van der Waals surface area (Å²) in [6.07, 6.45) is 4.91. The van der Waals surface area contributed by atoms with Crippen LogP contribution in [0.4, 0.5) is 0 Å². The van der Waals surface area contributed by atoms with Crippen molar-refractivity contribution in [1.82, 2.24) is 5.32 Å². The lowest BCUT2D eigenvalue weighted by Gasteiger charge is -2.02. The molecule has 0 aromatic carbocycles. The lowest BCUT2D eigenvalue weighted by Crippen LogP contribution is -2.28. The van der Waals surface area contributed by atoms with E-state index in [0.29, 0.717) is 0 Å². The number of terminal acetylenes is 1. The molecule has 0 aliphatic rings. The summed E-state index contributed by atoms with van der Waals surface area (Å²) in [4.78, 5) is 22.5. The summed E-state index contributed by atoms with van der Waals surface area (Å²) in [5, 5.41) is 6.49. The van der Waals surface area contributed by atoms with Crippen molar-refractivity contribution in [3.8, 4) is 12.3 Å². The number of sulfonamides is 1. The SMILES string of the molecule is C#CCNC(=O)COC(=O)c1ccc(S(N)(=O)=O)o1. The van der Waals surface area contributed by atoms with Crippen molar-refractivity contribution in [1.29, 1.82) is 0 Å². The van der Waals surface area contributed by atoms with E-state index in [2.05, 4.69) is 20.4 Å². The van der Waals surface area contributed by atoms with Crippen LogP contribution in [-0.4, -0.2) is 33.4 Å². The molecule has 1 amide bonds. The first kappa shape index (κ1) is 14.7. The second-order valence-electron chi connectivity index (χ2n) is 3.22. The molecule has 0 atom stereocenters. The van der Waals surface area contributed by atoms with E-state index in [0.717, 1.165) is 12.1 Å². The van der Waals surface area contributed by atoms with E-state index in [9.17, 15) is 18.0 Å². The van der Waals surface area contributed by atoms with Gasteiger partial charge in [0.25, 0.3) is 15.9 Å². The number of carbonyl (C=O) groups is 2. The molecule has 1 heterocycles. The number of hydrogen-bond acceptors (Lipinski definition) is 6. The highest BCUT2D eigenvalue weighted by molar-refractivity contribution is 7.89. The molecule has 1 aromatic heterocycles. The Bertz CT molecular complexity index is 625. The maximum Gasteiger partial charge on any atom is 0.374 e. The Morgan fingerprint density at radius 2 is 2.16 bits per heavy atom. The smallest absolute Gasteiger partial charge is 0.374 e. The highest BCUT2D eigenvalue weighted by atomic mass is 32.2. The van der Waals surface area contributed by atoms with Crippen molar-refractivity contribution in [3.63, 3.8) is 0 Å². The van der Waals surface area contributed by atoms with Crippen molar-refractivity contribution in [2.75, 3.05) is 13.2 Å². The summed E-state index contributed by atoms with van der Waals surface area (Å²) < 4.78 is 31.0. The number of furan rings is 1. The zero-order chi connectivity index (χ0) is 14.5. The van der Waals surface area contributed by atoms with Crippen molar-refractivity contribution in [3.05, 3.63) is 17.9 Å². The Morgan fingerprint density at radius 1 is 1.47 bits per heavy atom. The summed E-state index contributed by atoms with van der Waals surface area (Å²) in [5.74, 6) is 0.198. The Balaban J connectivity index is 2.58. The Hall–Kier alpha value is -2.31. The first-order valence-electron chi connectivity index (χ1n) is 4.84. The zero-order valence-corrected chi connectivity index (χ0v) is 10.4. The van der Waals surface area contributed by atoms with Crippen LogP contribution in [0, 0.1) is 12.3 Å². The van der Waals surface area contributed by atoms with Crippen LogP contribution in [-0.2, 0) is 19.6 Å². The third-order valence-electron chi connectivity index (χ3n) is 1.78. The van der Waals surface area contributed by atoms with Gasteiger partial charge in [0.15, 0.2) is 6.61 Å². The molecule has 0 unspecified atom stereocenters. The molecule has 0 spiro atoms. The number of primary sulfonamides is 1. The van der Waals surface area contributed by atoms with E-state index in [4.69, 9.17) is 11.6 Å². The number of ether oxygens (including phenoxy) is 1. The van der Waals surface area contributed by atoms with Gasteiger partial charge in [-0.3, -0.25) is 4.79 Å². The minimum absolute atomic E-state index is 0.00665. The van der Waals surface area contributed by atoms with Gasteiger partial charge in [-0.15, -0.1) is 6.42 Å². The molecule has 0 saturated heterocycles. The predicted molar refractivity (Wildman–Crippen MR) is 62.2 cm³/mol. The van der Waals surface area contributed by atoms with Crippen LogP contribution in [0.25, 0.3) is 0 Å². The third kappa shape index (κ3) is 4.46. The van der Waals surface area contributed by atoms with Gasteiger partial charge in [-0.1, -0.05) is 5.92 Å². The van der Waals surface area contributed by atoms with Gasteiger partial charge in [-0.25, -0.2) is 18.4 Å². The first-order chi connectivity index (χ1) is 8.84. The molecule has 0 aliphatic heterocycles. The van der Waals surface area contributed by atoms with Crippen molar-refractivity contribution in [2.45, 2.75) is 5.09 Å². The average molecular weight is 286 g/mol. The minimum Gasteiger partial charge on any atom is -0.450 e. The fraction of sp³-hybridized carbons (Fsp3) is 0.200. The normalized spacial score (nSPS) is 10.5. The van der Waals surface area contributed by atoms with Crippen LogP contribution in [0.15, 0.2) is 21.6 Å². The van der Waals surface area contributed by atoms with Crippen molar-refractivity contribution < 1.29 is 27.2 Å². The number of carbonyl (C=O) groups excluding carboxylic acids is 2. The van der Waals surface area contributed by atoms with E-state index in [1.165, 1.54) is 0 Å². The number of amides is 1. The molecular weight excluding hydrogens is 276 g/mol. The molecule has 3 N–H and O–H groups in total. The second-order valence-corrected chi connectivity index (χ2v) is 4.71. The van der Waals surface area contributed by atoms with Crippen molar-refractivity contribution >= 4 is 21.9 Å². The number of esters is 1. The van der Waals surface area contributed by atoms with Crippen LogP contribution < -0.4 is 10.5 Å². The highest BCUT2D eigenvalue weighted by Crippen LogP contribution is 2.12. The molecule has 0 saturated carbocycles. The predicted octanol–water partition coefficient (Wildman–Crippen LogP) is -1.17. The van der Waals surface area contributed by atoms with Gasteiger partial charge in [-0.05, 0) is 12.1 Å². The van der Waals surface area contributed by atoms with Crippen LogP contribution in [0.5, 0.6) is 0 Å². The fourth-order valence-corrected chi connectivity index (χ4v) is 1.45. The molecule has 0 aliphatic carbocycles. The number of rotatable bonds is 5. The van der Waals surface area contributed by atoms with E-state index < -0.39 is 33.6 Å². The van der Waals surface area contributed by atoms with E-state index in [1.807, 2.05) is 0 Å². The third-order valence-corrected chi connectivity index (χ3v) is 2.57. The van der Waals surface area contributed by atoms with Gasteiger partial charge >= 0.3 is 5.97 Å². The Morgan fingerprint density at radius 3 is 2.68 bits per heavy atom. The van der Waals surface area contributed by atoms with Gasteiger partial charge in [-0.2, -0.15) is 0 Å². The van der Waals surface area contributed by atoms with Gasteiger partial charge < -0.3 is 14.5 Å². The van der Waals surface area contributed by atoms with E-state index in [1.54, 1.807) is 0 Å². The van der Waals surface area contributed by atoms with Crippen LogP contribution in [0.2, 0.25) is 0 Å². The van der Waals surface area contributed by atoms with Crippen LogP contribution in [0.3, 0.4) is 0 Å². The van der Waals surface area contributed by atoms with Crippen LogP contribution in [0.1, 0.15) is 10.6 Å². The van der Waals surface area contributed by atoms with Crippen molar-refractivity contribution in [2.24, 2.45) is 5.14 Å². The largest absolute Gasteiger partial charge is 0.450 e.